The van der Waals surface area contributed by atoms with Crippen molar-refractivity contribution in [2.45, 2.75) is 6.42 Å². The van der Waals surface area contributed by atoms with E-state index in [9.17, 15) is 4.79 Å². The zero-order chi connectivity index (χ0) is 12.8. The van der Waals surface area contributed by atoms with Gasteiger partial charge >= 0.3 is 6.09 Å². The van der Waals surface area contributed by atoms with Crippen LogP contribution in [0.2, 0.25) is 0 Å². The van der Waals surface area contributed by atoms with Crippen LogP contribution in [0.4, 0.5) is 10.5 Å². The third kappa shape index (κ3) is 3.35. The summed E-state index contributed by atoms with van der Waals surface area (Å²) in [7, 11) is 1.35. The molecule has 0 spiro atoms. The smallest absolute Gasteiger partial charge is 0.411 e. The van der Waals surface area contributed by atoms with Gasteiger partial charge < -0.3 is 4.74 Å². The molecule has 0 heterocycles. The van der Waals surface area contributed by atoms with E-state index in [1.807, 2.05) is 42.5 Å². The number of carbonyl (C=O) groups is 1. The van der Waals surface area contributed by atoms with Crippen molar-refractivity contribution in [3.63, 3.8) is 0 Å². The van der Waals surface area contributed by atoms with Crippen molar-refractivity contribution in [3.8, 4) is 0 Å². The average molecular weight is 241 g/mol. The highest BCUT2D eigenvalue weighted by Crippen LogP contribution is 2.13. The summed E-state index contributed by atoms with van der Waals surface area (Å²) in [6.45, 7) is 0. The van der Waals surface area contributed by atoms with E-state index in [-0.39, 0.29) is 0 Å². The van der Waals surface area contributed by atoms with Crippen LogP contribution in [-0.2, 0) is 11.2 Å². The Labute approximate surface area is 106 Å². The Balaban J connectivity index is 2.02. The maximum Gasteiger partial charge on any atom is 0.411 e. The molecule has 3 nitrogen and oxygen atoms in total. The molecule has 0 unspecified atom stereocenters. The predicted octanol–water partition coefficient (Wildman–Crippen LogP) is 3.46. The zero-order valence-electron chi connectivity index (χ0n) is 10.2. The monoisotopic (exact) mass is 241 g/mol. The molecular weight excluding hydrogens is 226 g/mol. The van der Waals surface area contributed by atoms with Crippen LogP contribution < -0.4 is 5.32 Å². The minimum Gasteiger partial charge on any atom is -0.453 e. The molecule has 0 bridgehead atoms. The third-order valence-electron chi connectivity index (χ3n) is 2.64. The SMILES string of the molecule is COC(=O)Nc1ccc(Cc2ccccc2)cc1. The van der Waals surface area contributed by atoms with Crippen LogP contribution >= 0.6 is 0 Å². The van der Waals surface area contributed by atoms with E-state index in [2.05, 4.69) is 22.2 Å². The topological polar surface area (TPSA) is 38.3 Å². The second-order valence-corrected chi connectivity index (χ2v) is 3.98. The van der Waals surface area contributed by atoms with Crippen molar-refractivity contribution in [1.29, 1.82) is 0 Å². The molecule has 0 aliphatic rings. The lowest BCUT2D eigenvalue weighted by molar-refractivity contribution is 0.187. The predicted molar refractivity (Wildman–Crippen MR) is 71.7 cm³/mol. The quantitative estimate of drug-likeness (QED) is 0.893. The fraction of sp³-hybridized carbons (Fsp3) is 0.133. The van der Waals surface area contributed by atoms with E-state index >= 15 is 0 Å². The molecule has 0 aromatic heterocycles. The highest BCUT2D eigenvalue weighted by atomic mass is 16.5. The second kappa shape index (κ2) is 5.87. The van der Waals surface area contributed by atoms with Crippen LogP contribution in [0.1, 0.15) is 11.1 Å². The standard InChI is InChI=1S/C15H15NO2/c1-18-15(17)16-14-9-7-13(8-10-14)11-12-5-3-2-4-6-12/h2-10H,11H2,1H3,(H,16,17). The third-order valence-corrected chi connectivity index (χ3v) is 2.64. The summed E-state index contributed by atoms with van der Waals surface area (Å²) >= 11 is 0. The van der Waals surface area contributed by atoms with E-state index in [4.69, 9.17) is 0 Å². The highest BCUT2D eigenvalue weighted by Gasteiger charge is 2.00. The molecule has 1 amide bonds. The van der Waals surface area contributed by atoms with E-state index in [0.717, 1.165) is 12.1 Å². The molecule has 0 fully saturated rings. The second-order valence-electron chi connectivity index (χ2n) is 3.98. The van der Waals surface area contributed by atoms with E-state index in [1.165, 1.54) is 18.2 Å². The molecule has 0 saturated carbocycles. The molecular formula is C15H15NO2. The Kier molecular flexibility index (Phi) is 3.97. The molecule has 18 heavy (non-hydrogen) atoms. The number of ether oxygens (including phenoxy) is 1. The van der Waals surface area contributed by atoms with Gasteiger partial charge in [0, 0.05) is 5.69 Å². The van der Waals surface area contributed by atoms with E-state index in [1.54, 1.807) is 0 Å². The Hall–Kier alpha value is -2.29. The lowest BCUT2D eigenvalue weighted by atomic mass is 10.1. The largest absolute Gasteiger partial charge is 0.453 e. The zero-order valence-corrected chi connectivity index (χ0v) is 10.2. The lowest BCUT2D eigenvalue weighted by Crippen LogP contribution is -2.10. The number of methoxy groups -OCH3 is 1. The van der Waals surface area contributed by atoms with Crippen molar-refractivity contribution >= 4 is 11.8 Å². The number of amides is 1. The maximum absolute atomic E-state index is 11.0. The number of carbonyl (C=O) groups excluding carboxylic acids is 1. The fourth-order valence-electron chi connectivity index (χ4n) is 1.71. The Morgan fingerprint density at radius 2 is 1.61 bits per heavy atom. The molecule has 2 aromatic carbocycles. The highest BCUT2D eigenvalue weighted by molar-refractivity contribution is 5.84. The molecule has 1 N–H and O–H groups in total. The number of hydrogen-bond acceptors (Lipinski definition) is 2. The van der Waals surface area contributed by atoms with E-state index < -0.39 is 6.09 Å². The summed E-state index contributed by atoms with van der Waals surface area (Å²) in [5.74, 6) is 0. The van der Waals surface area contributed by atoms with Crippen LogP contribution in [0.3, 0.4) is 0 Å². The Morgan fingerprint density at radius 3 is 2.22 bits per heavy atom. The summed E-state index contributed by atoms with van der Waals surface area (Å²) in [5.41, 5.74) is 3.21. The number of rotatable bonds is 3. The number of benzene rings is 2. The average Bonchev–Trinajstić information content (AvgIpc) is 2.42. The minimum atomic E-state index is -0.453. The molecule has 92 valence electrons. The molecule has 0 aliphatic carbocycles. The van der Waals surface area contributed by atoms with E-state index in [0.29, 0.717) is 0 Å². The summed E-state index contributed by atoms with van der Waals surface area (Å²) in [6.07, 6.45) is 0.435. The van der Waals surface area contributed by atoms with Gasteiger partial charge in [0.05, 0.1) is 7.11 Å². The van der Waals surface area contributed by atoms with Crippen LogP contribution in [0.15, 0.2) is 54.6 Å². The van der Waals surface area contributed by atoms with Crippen molar-refractivity contribution in [3.05, 3.63) is 65.7 Å². The van der Waals surface area contributed by atoms with Crippen LogP contribution in [0.25, 0.3) is 0 Å². The van der Waals surface area contributed by atoms with Crippen LogP contribution in [-0.4, -0.2) is 13.2 Å². The van der Waals surface area contributed by atoms with Gasteiger partial charge in [0.15, 0.2) is 0 Å². The summed E-state index contributed by atoms with van der Waals surface area (Å²) < 4.78 is 4.53. The van der Waals surface area contributed by atoms with Gasteiger partial charge in [-0.25, -0.2) is 4.79 Å². The molecule has 2 rings (SSSR count). The number of hydrogen-bond donors (Lipinski definition) is 1. The lowest BCUT2D eigenvalue weighted by Gasteiger charge is -2.05. The van der Waals surface area contributed by atoms with Gasteiger partial charge in [0.2, 0.25) is 0 Å². The fourth-order valence-corrected chi connectivity index (χ4v) is 1.71. The summed E-state index contributed by atoms with van der Waals surface area (Å²) in [5, 5.41) is 2.62. The van der Waals surface area contributed by atoms with Crippen LogP contribution in [0, 0.1) is 0 Å². The van der Waals surface area contributed by atoms with Gasteiger partial charge in [-0.2, -0.15) is 0 Å². The van der Waals surface area contributed by atoms with Crippen molar-refractivity contribution in [2.75, 3.05) is 12.4 Å². The summed E-state index contributed by atoms with van der Waals surface area (Å²) in [4.78, 5) is 11.0. The number of nitrogens with one attached hydrogen (secondary N) is 1. The maximum atomic E-state index is 11.0. The molecule has 0 radical (unpaired) electrons. The van der Waals surface area contributed by atoms with Gasteiger partial charge in [-0.05, 0) is 29.7 Å². The first kappa shape index (κ1) is 12.2. The van der Waals surface area contributed by atoms with Gasteiger partial charge in [-0.15, -0.1) is 0 Å². The van der Waals surface area contributed by atoms with Gasteiger partial charge in [-0.3, -0.25) is 5.32 Å². The molecule has 2 aromatic rings. The number of anilines is 1. The Morgan fingerprint density at radius 1 is 1.00 bits per heavy atom. The Bertz CT molecular complexity index is 506. The van der Waals surface area contributed by atoms with Gasteiger partial charge in [0.25, 0.3) is 0 Å². The first-order valence-electron chi connectivity index (χ1n) is 5.76. The van der Waals surface area contributed by atoms with Gasteiger partial charge in [0.1, 0.15) is 0 Å². The molecule has 0 saturated heterocycles. The van der Waals surface area contributed by atoms with Crippen LogP contribution in [0.5, 0.6) is 0 Å². The van der Waals surface area contributed by atoms with Gasteiger partial charge in [-0.1, -0.05) is 42.5 Å². The van der Waals surface area contributed by atoms with Crippen molar-refractivity contribution in [2.24, 2.45) is 0 Å². The first-order chi connectivity index (χ1) is 8.78. The molecule has 3 heteroatoms. The molecule has 0 aliphatic heterocycles. The molecule has 0 atom stereocenters. The normalized spacial score (nSPS) is 9.83. The minimum absolute atomic E-state index is 0.453. The van der Waals surface area contributed by atoms with Crippen molar-refractivity contribution in [1.82, 2.24) is 0 Å². The first-order valence-corrected chi connectivity index (χ1v) is 5.76. The summed E-state index contributed by atoms with van der Waals surface area (Å²) in [6, 6.07) is 18.0. The van der Waals surface area contributed by atoms with Crippen molar-refractivity contribution < 1.29 is 9.53 Å².